The standard InChI is InChI=1S/C14H15FINO/c1-9-3-4-11(7-13(9)15)10(2)17-8-12-5-6-14(16)18-12/h3-7,10,17H,8H2,1-2H3. The molecular weight excluding hydrogens is 344 g/mol. The summed E-state index contributed by atoms with van der Waals surface area (Å²) in [4.78, 5) is 0. The minimum Gasteiger partial charge on any atom is -0.454 e. The lowest BCUT2D eigenvalue weighted by molar-refractivity contribution is 0.444. The van der Waals surface area contributed by atoms with E-state index < -0.39 is 0 Å². The van der Waals surface area contributed by atoms with Crippen LogP contribution in [0.2, 0.25) is 0 Å². The van der Waals surface area contributed by atoms with Crippen LogP contribution >= 0.6 is 22.6 Å². The van der Waals surface area contributed by atoms with Gasteiger partial charge in [0.25, 0.3) is 0 Å². The molecule has 0 spiro atoms. The Morgan fingerprint density at radius 2 is 2.11 bits per heavy atom. The maximum Gasteiger partial charge on any atom is 0.164 e. The highest BCUT2D eigenvalue weighted by Gasteiger charge is 2.08. The summed E-state index contributed by atoms with van der Waals surface area (Å²) in [7, 11) is 0. The number of hydrogen-bond acceptors (Lipinski definition) is 2. The van der Waals surface area contributed by atoms with Crippen LogP contribution in [0.1, 0.15) is 29.9 Å². The average molecular weight is 359 g/mol. The second-order valence-electron chi connectivity index (χ2n) is 4.32. The Bertz CT molecular complexity index is 538. The van der Waals surface area contributed by atoms with Crippen LogP contribution in [0, 0.1) is 16.5 Å². The Morgan fingerprint density at radius 3 is 2.72 bits per heavy atom. The molecule has 1 aromatic carbocycles. The molecule has 0 aliphatic heterocycles. The summed E-state index contributed by atoms with van der Waals surface area (Å²) in [6, 6.07) is 9.28. The van der Waals surface area contributed by atoms with Crippen LogP contribution in [-0.4, -0.2) is 0 Å². The molecule has 2 aromatic rings. The van der Waals surface area contributed by atoms with Crippen LogP contribution in [0.3, 0.4) is 0 Å². The first-order valence-corrected chi connectivity index (χ1v) is 6.88. The van der Waals surface area contributed by atoms with Crippen LogP contribution < -0.4 is 5.32 Å². The summed E-state index contributed by atoms with van der Waals surface area (Å²) in [5.74, 6) is 0.729. The van der Waals surface area contributed by atoms with Gasteiger partial charge in [0.05, 0.1) is 6.54 Å². The maximum absolute atomic E-state index is 13.5. The third-order valence-electron chi connectivity index (χ3n) is 2.91. The van der Waals surface area contributed by atoms with Gasteiger partial charge in [-0.05, 0) is 65.8 Å². The molecule has 0 fully saturated rings. The van der Waals surface area contributed by atoms with E-state index in [1.807, 2.05) is 25.1 Å². The minimum absolute atomic E-state index is 0.0860. The quantitative estimate of drug-likeness (QED) is 0.829. The Labute approximate surface area is 120 Å². The first-order chi connectivity index (χ1) is 8.56. The van der Waals surface area contributed by atoms with Gasteiger partial charge in [-0.3, -0.25) is 0 Å². The van der Waals surface area contributed by atoms with Gasteiger partial charge in [0.2, 0.25) is 0 Å². The van der Waals surface area contributed by atoms with Crippen molar-refractivity contribution in [3.8, 4) is 0 Å². The monoisotopic (exact) mass is 359 g/mol. The molecule has 1 aromatic heterocycles. The predicted octanol–water partition coefficient (Wildman–Crippen LogP) is 4.18. The molecule has 18 heavy (non-hydrogen) atoms. The SMILES string of the molecule is Cc1ccc(C(C)NCc2ccc(I)o2)cc1F. The molecule has 0 aliphatic rings. The Hall–Kier alpha value is -0.880. The zero-order valence-electron chi connectivity index (χ0n) is 10.3. The molecule has 4 heteroatoms. The van der Waals surface area contributed by atoms with E-state index in [-0.39, 0.29) is 11.9 Å². The van der Waals surface area contributed by atoms with E-state index in [2.05, 4.69) is 27.9 Å². The van der Waals surface area contributed by atoms with Gasteiger partial charge in [-0.2, -0.15) is 0 Å². The van der Waals surface area contributed by atoms with E-state index in [0.717, 1.165) is 15.1 Å². The molecule has 0 saturated heterocycles. The van der Waals surface area contributed by atoms with Crippen molar-refractivity contribution in [3.63, 3.8) is 0 Å². The second kappa shape index (κ2) is 5.84. The van der Waals surface area contributed by atoms with Gasteiger partial charge in [0.1, 0.15) is 11.6 Å². The Balaban J connectivity index is 1.99. The molecule has 0 amide bonds. The largest absolute Gasteiger partial charge is 0.454 e. The third kappa shape index (κ3) is 3.32. The van der Waals surface area contributed by atoms with Crippen molar-refractivity contribution >= 4 is 22.6 Å². The second-order valence-corrected chi connectivity index (χ2v) is 5.38. The normalized spacial score (nSPS) is 12.7. The van der Waals surface area contributed by atoms with Crippen LogP contribution in [0.25, 0.3) is 0 Å². The highest BCUT2D eigenvalue weighted by molar-refractivity contribution is 14.1. The zero-order valence-corrected chi connectivity index (χ0v) is 12.5. The van der Waals surface area contributed by atoms with Gasteiger partial charge in [-0.1, -0.05) is 12.1 Å². The number of benzene rings is 1. The lowest BCUT2D eigenvalue weighted by Crippen LogP contribution is -2.17. The van der Waals surface area contributed by atoms with E-state index in [1.165, 1.54) is 0 Å². The smallest absolute Gasteiger partial charge is 0.164 e. The molecule has 1 atom stereocenters. The zero-order chi connectivity index (χ0) is 13.1. The molecule has 0 radical (unpaired) electrons. The number of hydrogen-bond donors (Lipinski definition) is 1. The van der Waals surface area contributed by atoms with E-state index in [4.69, 9.17) is 4.42 Å². The molecule has 0 aliphatic carbocycles. The van der Waals surface area contributed by atoms with Crippen molar-refractivity contribution in [1.82, 2.24) is 5.32 Å². The highest BCUT2D eigenvalue weighted by atomic mass is 127. The number of halogens is 2. The van der Waals surface area contributed by atoms with Crippen molar-refractivity contribution in [2.45, 2.75) is 26.4 Å². The summed E-state index contributed by atoms with van der Waals surface area (Å²) >= 11 is 2.13. The number of rotatable bonds is 4. The van der Waals surface area contributed by atoms with Gasteiger partial charge in [0.15, 0.2) is 3.77 Å². The molecule has 1 heterocycles. The summed E-state index contributed by atoms with van der Waals surface area (Å²) in [5, 5.41) is 3.31. The number of furan rings is 1. The number of nitrogens with one attached hydrogen (secondary N) is 1. The van der Waals surface area contributed by atoms with Crippen molar-refractivity contribution in [2.75, 3.05) is 0 Å². The summed E-state index contributed by atoms with van der Waals surface area (Å²) in [5.41, 5.74) is 1.62. The highest BCUT2D eigenvalue weighted by Crippen LogP contribution is 2.17. The first-order valence-electron chi connectivity index (χ1n) is 5.80. The molecular formula is C14H15FINO. The van der Waals surface area contributed by atoms with Crippen LogP contribution in [0.4, 0.5) is 4.39 Å². The molecule has 1 unspecified atom stereocenters. The Kier molecular flexibility index (Phi) is 4.40. The van der Waals surface area contributed by atoms with Gasteiger partial charge in [-0.25, -0.2) is 4.39 Å². The van der Waals surface area contributed by atoms with E-state index in [0.29, 0.717) is 12.1 Å². The topological polar surface area (TPSA) is 25.2 Å². The molecule has 1 N–H and O–H groups in total. The fraction of sp³-hybridized carbons (Fsp3) is 0.286. The molecule has 2 nitrogen and oxygen atoms in total. The minimum atomic E-state index is -0.159. The first kappa shape index (κ1) is 13.5. The van der Waals surface area contributed by atoms with E-state index >= 15 is 0 Å². The maximum atomic E-state index is 13.5. The van der Waals surface area contributed by atoms with Crippen molar-refractivity contribution in [2.24, 2.45) is 0 Å². The predicted molar refractivity (Wildman–Crippen MR) is 77.8 cm³/mol. The van der Waals surface area contributed by atoms with Gasteiger partial charge in [-0.15, -0.1) is 0 Å². The molecule has 2 rings (SSSR count). The Morgan fingerprint density at radius 1 is 1.33 bits per heavy atom. The summed E-state index contributed by atoms with van der Waals surface area (Å²) < 4.78 is 19.8. The lowest BCUT2D eigenvalue weighted by Gasteiger charge is -2.14. The number of aryl methyl sites for hydroxylation is 1. The molecule has 0 saturated carbocycles. The van der Waals surface area contributed by atoms with E-state index in [1.54, 1.807) is 19.1 Å². The summed E-state index contributed by atoms with van der Waals surface area (Å²) in [6.07, 6.45) is 0. The summed E-state index contributed by atoms with van der Waals surface area (Å²) in [6.45, 7) is 4.42. The molecule has 96 valence electrons. The van der Waals surface area contributed by atoms with Crippen molar-refractivity contribution in [3.05, 3.63) is 56.8 Å². The van der Waals surface area contributed by atoms with Crippen LogP contribution in [0.15, 0.2) is 34.7 Å². The van der Waals surface area contributed by atoms with Gasteiger partial charge in [0, 0.05) is 6.04 Å². The molecule has 0 bridgehead atoms. The lowest BCUT2D eigenvalue weighted by atomic mass is 10.1. The average Bonchev–Trinajstić information content (AvgIpc) is 2.75. The fourth-order valence-corrected chi connectivity index (χ4v) is 2.16. The van der Waals surface area contributed by atoms with Gasteiger partial charge >= 0.3 is 0 Å². The van der Waals surface area contributed by atoms with Crippen LogP contribution in [-0.2, 0) is 6.54 Å². The van der Waals surface area contributed by atoms with Gasteiger partial charge < -0.3 is 9.73 Å². The third-order valence-corrected chi connectivity index (χ3v) is 3.49. The van der Waals surface area contributed by atoms with Crippen molar-refractivity contribution in [1.29, 1.82) is 0 Å². The van der Waals surface area contributed by atoms with E-state index in [9.17, 15) is 4.39 Å². The fourth-order valence-electron chi connectivity index (χ4n) is 1.70. The van der Waals surface area contributed by atoms with Crippen molar-refractivity contribution < 1.29 is 8.81 Å². The van der Waals surface area contributed by atoms with Crippen LogP contribution in [0.5, 0.6) is 0 Å².